The first-order chi connectivity index (χ1) is 4.57. The lowest BCUT2D eigenvalue weighted by Crippen LogP contribution is -1.96. The lowest BCUT2D eigenvalue weighted by Gasteiger charge is -1.99. The zero-order valence-electron chi connectivity index (χ0n) is 6.10. The van der Waals surface area contributed by atoms with Gasteiger partial charge >= 0.3 is 5.97 Å². The summed E-state index contributed by atoms with van der Waals surface area (Å²) in [6, 6.07) is 0. The molecule has 0 aliphatic heterocycles. The molecule has 0 amide bonds. The first-order valence-electron chi connectivity index (χ1n) is 3.18. The summed E-state index contributed by atoms with van der Waals surface area (Å²) < 4.78 is 0. The van der Waals surface area contributed by atoms with Crippen LogP contribution in [0.2, 0.25) is 0 Å². The maximum atomic E-state index is 10.2. The highest BCUT2D eigenvalue weighted by Gasteiger charge is 2.03. The molecule has 0 aliphatic rings. The van der Waals surface area contributed by atoms with Crippen LogP contribution in [0.3, 0.4) is 0 Å². The molecule has 1 N–H and O–H groups in total. The zero-order valence-corrected chi connectivity index (χ0v) is 6.85. The van der Waals surface area contributed by atoms with Gasteiger partial charge in [-0.3, -0.25) is 0 Å². The van der Waals surface area contributed by atoms with Crippen molar-refractivity contribution in [2.75, 3.05) is 0 Å². The molecule has 0 aromatic carbocycles. The van der Waals surface area contributed by atoms with Gasteiger partial charge in [0.25, 0.3) is 0 Å². The van der Waals surface area contributed by atoms with E-state index in [-0.39, 0.29) is 11.0 Å². The molecule has 0 spiro atoms. The summed E-state index contributed by atoms with van der Waals surface area (Å²) in [6.45, 7) is 3.90. The highest BCUT2D eigenvalue weighted by atomic mass is 35.5. The van der Waals surface area contributed by atoms with Crippen molar-refractivity contribution in [2.24, 2.45) is 5.92 Å². The van der Waals surface area contributed by atoms with Crippen LogP contribution in [-0.2, 0) is 4.79 Å². The summed E-state index contributed by atoms with van der Waals surface area (Å²) in [5.74, 6) is -0.814. The quantitative estimate of drug-likeness (QED) is 0.647. The van der Waals surface area contributed by atoms with Gasteiger partial charge in [-0.1, -0.05) is 37.9 Å². The van der Waals surface area contributed by atoms with Crippen molar-refractivity contribution in [3.63, 3.8) is 0 Å². The van der Waals surface area contributed by atoms with Crippen molar-refractivity contribution in [3.8, 4) is 0 Å². The lowest BCUT2D eigenvalue weighted by atomic mass is 10.1. The van der Waals surface area contributed by atoms with Crippen molar-refractivity contribution < 1.29 is 9.90 Å². The van der Waals surface area contributed by atoms with E-state index >= 15 is 0 Å². The Kier molecular flexibility index (Phi) is 4.12. The number of halogens is 1. The summed E-state index contributed by atoms with van der Waals surface area (Å²) in [5.41, 5.74) is 0. The second-order valence-corrected chi connectivity index (χ2v) is 2.61. The predicted molar refractivity (Wildman–Crippen MR) is 41.0 cm³/mol. The molecule has 0 rings (SSSR count). The van der Waals surface area contributed by atoms with E-state index in [1.165, 1.54) is 0 Å². The van der Waals surface area contributed by atoms with Crippen LogP contribution in [0.1, 0.15) is 20.3 Å². The minimum atomic E-state index is -1.05. The van der Waals surface area contributed by atoms with Crippen molar-refractivity contribution in [2.45, 2.75) is 20.3 Å². The molecule has 1 atom stereocenters. The molecule has 3 heteroatoms. The van der Waals surface area contributed by atoms with E-state index in [1.54, 1.807) is 6.08 Å². The van der Waals surface area contributed by atoms with Crippen molar-refractivity contribution in [1.82, 2.24) is 0 Å². The van der Waals surface area contributed by atoms with Crippen LogP contribution in [-0.4, -0.2) is 11.1 Å². The number of allylic oxidation sites excluding steroid dienone is 1. The second kappa shape index (κ2) is 4.34. The van der Waals surface area contributed by atoms with Crippen molar-refractivity contribution in [3.05, 3.63) is 11.1 Å². The number of hydrogen-bond acceptors (Lipinski definition) is 1. The Morgan fingerprint density at radius 2 is 2.30 bits per heavy atom. The summed E-state index contributed by atoms with van der Waals surface area (Å²) in [6.07, 6.45) is 2.45. The van der Waals surface area contributed by atoms with E-state index in [2.05, 4.69) is 0 Å². The Morgan fingerprint density at radius 3 is 2.60 bits per heavy atom. The predicted octanol–water partition coefficient (Wildman–Crippen LogP) is 2.24. The third-order valence-corrected chi connectivity index (χ3v) is 1.57. The average molecular weight is 163 g/mol. The van der Waals surface area contributed by atoms with Crippen LogP contribution in [0, 0.1) is 5.92 Å². The van der Waals surface area contributed by atoms with Gasteiger partial charge in [0.05, 0.1) is 0 Å². The molecule has 0 fully saturated rings. The SMILES string of the molecule is CCC(C)/C=C(\Cl)C(=O)O. The molecule has 2 nitrogen and oxygen atoms in total. The Hall–Kier alpha value is -0.500. The third kappa shape index (κ3) is 3.51. The zero-order chi connectivity index (χ0) is 8.15. The van der Waals surface area contributed by atoms with Gasteiger partial charge < -0.3 is 5.11 Å². The minimum absolute atomic E-state index is 0.0886. The molecule has 0 heterocycles. The average Bonchev–Trinajstić information content (AvgIpc) is 1.87. The Bertz CT molecular complexity index is 152. The van der Waals surface area contributed by atoms with Crippen molar-refractivity contribution >= 4 is 17.6 Å². The van der Waals surface area contributed by atoms with Gasteiger partial charge in [-0.2, -0.15) is 0 Å². The molecule has 10 heavy (non-hydrogen) atoms. The highest BCUT2D eigenvalue weighted by Crippen LogP contribution is 2.09. The van der Waals surface area contributed by atoms with Gasteiger partial charge in [0.15, 0.2) is 0 Å². The van der Waals surface area contributed by atoms with Crippen LogP contribution < -0.4 is 0 Å². The first-order valence-corrected chi connectivity index (χ1v) is 3.56. The second-order valence-electron chi connectivity index (χ2n) is 2.21. The fraction of sp³-hybridized carbons (Fsp3) is 0.571. The van der Waals surface area contributed by atoms with E-state index in [4.69, 9.17) is 16.7 Å². The van der Waals surface area contributed by atoms with Crippen molar-refractivity contribution in [1.29, 1.82) is 0 Å². The largest absolute Gasteiger partial charge is 0.477 e. The lowest BCUT2D eigenvalue weighted by molar-refractivity contribution is -0.131. The number of carboxylic acid groups (broad SMARTS) is 1. The van der Waals surface area contributed by atoms with E-state index in [0.717, 1.165) is 6.42 Å². The molecule has 0 aromatic heterocycles. The standard InChI is InChI=1S/C7H11ClO2/c1-3-5(2)4-6(8)7(9)10/h4-5H,3H2,1-2H3,(H,9,10)/b6-4-. The van der Waals surface area contributed by atoms with Gasteiger partial charge in [-0.25, -0.2) is 4.79 Å². The summed E-state index contributed by atoms with van der Waals surface area (Å²) in [5, 5.41) is 8.24. The number of hydrogen-bond donors (Lipinski definition) is 1. The smallest absolute Gasteiger partial charge is 0.346 e. The summed E-state index contributed by atoms with van der Waals surface area (Å²) in [7, 11) is 0. The van der Waals surface area contributed by atoms with Crippen LogP contribution >= 0.6 is 11.6 Å². The maximum absolute atomic E-state index is 10.2. The minimum Gasteiger partial charge on any atom is -0.477 e. The normalized spacial score (nSPS) is 14.9. The molecule has 0 aliphatic carbocycles. The molecule has 0 saturated heterocycles. The molecule has 58 valence electrons. The van der Waals surface area contributed by atoms with Gasteiger partial charge in [-0.05, 0) is 5.92 Å². The van der Waals surface area contributed by atoms with E-state index in [0.29, 0.717) is 0 Å². The van der Waals surface area contributed by atoms with E-state index in [1.807, 2.05) is 13.8 Å². The fourth-order valence-electron chi connectivity index (χ4n) is 0.439. The third-order valence-electron chi connectivity index (χ3n) is 1.28. The topological polar surface area (TPSA) is 37.3 Å². The molecule has 0 radical (unpaired) electrons. The molecular formula is C7H11ClO2. The monoisotopic (exact) mass is 162 g/mol. The van der Waals surface area contributed by atoms with E-state index < -0.39 is 5.97 Å². The summed E-state index contributed by atoms with van der Waals surface area (Å²) >= 11 is 5.35. The van der Waals surface area contributed by atoms with Gasteiger partial charge in [0.1, 0.15) is 5.03 Å². The maximum Gasteiger partial charge on any atom is 0.346 e. The highest BCUT2D eigenvalue weighted by molar-refractivity contribution is 6.40. The van der Waals surface area contributed by atoms with Gasteiger partial charge in [-0.15, -0.1) is 0 Å². The van der Waals surface area contributed by atoms with Gasteiger partial charge in [0, 0.05) is 0 Å². The van der Waals surface area contributed by atoms with Crippen LogP contribution in [0.15, 0.2) is 11.1 Å². The van der Waals surface area contributed by atoms with Crippen LogP contribution in [0.4, 0.5) is 0 Å². The molecule has 0 aromatic rings. The fourth-order valence-corrected chi connectivity index (χ4v) is 0.654. The number of aliphatic carboxylic acids is 1. The Balaban J connectivity index is 4.02. The van der Waals surface area contributed by atoms with Crippen LogP contribution in [0.25, 0.3) is 0 Å². The summed E-state index contributed by atoms with van der Waals surface area (Å²) in [4.78, 5) is 10.2. The molecular weight excluding hydrogens is 152 g/mol. The first kappa shape index (κ1) is 9.50. The number of carboxylic acids is 1. The molecule has 0 saturated carbocycles. The molecule has 0 bridgehead atoms. The number of rotatable bonds is 3. The van der Waals surface area contributed by atoms with Crippen LogP contribution in [0.5, 0.6) is 0 Å². The van der Waals surface area contributed by atoms with Gasteiger partial charge in [0.2, 0.25) is 0 Å². The molecule has 1 unspecified atom stereocenters. The Labute approximate surface area is 65.5 Å². The Morgan fingerprint density at radius 1 is 1.80 bits per heavy atom. The van der Waals surface area contributed by atoms with E-state index in [9.17, 15) is 4.79 Å². The number of carbonyl (C=O) groups is 1.